The summed E-state index contributed by atoms with van der Waals surface area (Å²) in [4.78, 5) is 23.3. The van der Waals surface area contributed by atoms with Gasteiger partial charge in [0.25, 0.3) is 0 Å². The lowest BCUT2D eigenvalue weighted by atomic mass is 10.0. The van der Waals surface area contributed by atoms with E-state index in [4.69, 9.17) is 4.74 Å². The Morgan fingerprint density at radius 3 is 2.40 bits per heavy atom. The van der Waals surface area contributed by atoms with Crippen molar-refractivity contribution >= 4 is 17.6 Å². The maximum Gasteiger partial charge on any atom is 0.315 e. The van der Waals surface area contributed by atoms with Crippen LogP contribution in [0.2, 0.25) is 0 Å². The van der Waals surface area contributed by atoms with Crippen LogP contribution in [-0.2, 0) is 4.79 Å². The maximum atomic E-state index is 12.1. The van der Waals surface area contributed by atoms with Crippen LogP contribution in [0.1, 0.15) is 50.2 Å². The molecule has 6 nitrogen and oxygen atoms in total. The molecule has 0 saturated carbocycles. The zero-order chi connectivity index (χ0) is 18.4. The quantitative estimate of drug-likeness (QED) is 0.632. The number of hydrogen-bond acceptors (Lipinski definition) is 3. The van der Waals surface area contributed by atoms with E-state index in [1.807, 2.05) is 32.9 Å². The van der Waals surface area contributed by atoms with E-state index < -0.39 is 0 Å². The topological polar surface area (TPSA) is 79.5 Å². The van der Waals surface area contributed by atoms with Crippen molar-refractivity contribution in [3.8, 4) is 5.75 Å². The van der Waals surface area contributed by atoms with Crippen LogP contribution >= 0.6 is 0 Å². The fourth-order valence-corrected chi connectivity index (χ4v) is 3.36. The molecule has 0 spiro atoms. The maximum absolute atomic E-state index is 12.1. The molecule has 2 atom stereocenters. The third-order valence-electron chi connectivity index (χ3n) is 4.65. The van der Waals surface area contributed by atoms with Gasteiger partial charge in [-0.15, -0.1) is 0 Å². The van der Waals surface area contributed by atoms with Gasteiger partial charge in [-0.05, 0) is 56.9 Å². The number of anilines is 1. The Bertz CT molecular complexity index is 607. The third-order valence-corrected chi connectivity index (χ3v) is 4.65. The van der Waals surface area contributed by atoms with Gasteiger partial charge in [-0.25, -0.2) is 4.79 Å². The minimum Gasteiger partial charge on any atom is -0.496 e. The lowest BCUT2D eigenvalue weighted by Crippen LogP contribution is -2.30. The van der Waals surface area contributed by atoms with Crippen molar-refractivity contribution in [1.29, 1.82) is 0 Å². The van der Waals surface area contributed by atoms with Crippen molar-refractivity contribution in [2.75, 3.05) is 12.4 Å². The number of benzene rings is 1. The Hall–Kier alpha value is -2.24. The standard InChI is InChI=1S/C19H29N3O3/c1-12-10-15(11-13(2)18(12)25-4)21-17(23)9-7-5-6-8-16-14(3)20-19(24)22-16/h10-11,14,16H,5-9H2,1-4H3,(H,21,23)(H2,20,22,24)/t14-,16-/m1/s1. The second-order valence-electron chi connectivity index (χ2n) is 6.80. The molecule has 3 N–H and O–H groups in total. The van der Waals surface area contributed by atoms with Gasteiger partial charge in [0.05, 0.1) is 13.2 Å². The molecular weight excluding hydrogens is 318 g/mol. The highest BCUT2D eigenvalue weighted by Crippen LogP contribution is 2.26. The van der Waals surface area contributed by atoms with Crippen molar-refractivity contribution in [2.24, 2.45) is 0 Å². The van der Waals surface area contributed by atoms with Crippen LogP contribution in [0.4, 0.5) is 10.5 Å². The molecule has 1 aliphatic heterocycles. The predicted molar refractivity (Wildman–Crippen MR) is 99.1 cm³/mol. The van der Waals surface area contributed by atoms with Crippen molar-refractivity contribution in [1.82, 2.24) is 10.6 Å². The van der Waals surface area contributed by atoms with Gasteiger partial charge < -0.3 is 20.7 Å². The second kappa shape index (κ2) is 8.74. The number of rotatable bonds is 8. The molecule has 1 saturated heterocycles. The Morgan fingerprint density at radius 1 is 1.16 bits per heavy atom. The molecule has 1 aromatic rings. The SMILES string of the molecule is COc1c(C)cc(NC(=O)CCCCC[C@H]2NC(=O)N[C@@H]2C)cc1C. The summed E-state index contributed by atoms with van der Waals surface area (Å²) in [5.41, 5.74) is 2.84. The van der Waals surface area contributed by atoms with Crippen LogP contribution in [0.3, 0.4) is 0 Å². The van der Waals surface area contributed by atoms with Gasteiger partial charge in [0.2, 0.25) is 5.91 Å². The number of urea groups is 1. The van der Waals surface area contributed by atoms with Gasteiger partial charge in [-0.3, -0.25) is 4.79 Å². The number of carbonyl (C=O) groups excluding carboxylic acids is 2. The number of hydrogen-bond donors (Lipinski definition) is 3. The van der Waals surface area contributed by atoms with E-state index in [1.54, 1.807) is 7.11 Å². The molecular formula is C19H29N3O3. The first-order chi connectivity index (χ1) is 11.9. The number of methoxy groups -OCH3 is 1. The lowest BCUT2D eigenvalue weighted by Gasteiger charge is -2.14. The molecule has 0 aromatic heterocycles. The van der Waals surface area contributed by atoms with E-state index in [1.165, 1.54) is 0 Å². The molecule has 1 aromatic carbocycles. The summed E-state index contributed by atoms with van der Waals surface area (Å²) < 4.78 is 5.34. The van der Waals surface area contributed by atoms with Gasteiger partial charge in [-0.2, -0.15) is 0 Å². The minimum absolute atomic E-state index is 0.0353. The average molecular weight is 347 g/mol. The number of ether oxygens (including phenoxy) is 1. The van der Waals surface area contributed by atoms with E-state index in [9.17, 15) is 9.59 Å². The van der Waals surface area contributed by atoms with Crippen molar-refractivity contribution in [3.63, 3.8) is 0 Å². The summed E-state index contributed by atoms with van der Waals surface area (Å²) in [6.07, 6.45) is 4.29. The van der Waals surface area contributed by atoms with Gasteiger partial charge in [0.15, 0.2) is 0 Å². The Morgan fingerprint density at radius 2 is 1.84 bits per heavy atom. The van der Waals surface area contributed by atoms with Crippen molar-refractivity contribution in [2.45, 2.75) is 65.0 Å². The third kappa shape index (κ3) is 5.37. The first-order valence-corrected chi connectivity index (χ1v) is 8.93. The molecule has 1 aliphatic rings. The molecule has 0 unspecified atom stereocenters. The van der Waals surface area contributed by atoms with Crippen LogP contribution in [0, 0.1) is 13.8 Å². The van der Waals surface area contributed by atoms with Gasteiger partial charge >= 0.3 is 6.03 Å². The van der Waals surface area contributed by atoms with Crippen LogP contribution in [-0.4, -0.2) is 31.1 Å². The van der Waals surface area contributed by atoms with Gasteiger partial charge in [-0.1, -0.05) is 12.8 Å². The highest BCUT2D eigenvalue weighted by molar-refractivity contribution is 5.91. The number of unbranched alkanes of at least 4 members (excludes halogenated alkanes) is 2. The average Bonchev–Trinajstić information content (AvgIpc) is 2.84. The number of nitrogens with one attached hydrogen (secondary N) is 3. The van der Waals surface area contributed by atoms with Crippen molar-refractivity contribution < 1.29 is 14.3 Å². The summed E-state index contributed by atoms with van der Waals surface area (Å²) in [5, 5.41) is 8.72. The molecule has 2 rings (SSSR count). The molecule has 0 bridgehead atoms. The van der Waals surface area contributed by atoms with E-state index in [-0.39, 0.29) is 24.0 Å². The second-order valence-corrected chi connectivity index (χ2v) is 6.80. The highest BCUT2D eigenvalue weighted by Gasteiger charge is 2.26. The van der Waals surface area contributed by atoms with Crippen LogP contribution in [0.25, 0.3) is 0 Å². The predicted octanol–water partition coefficient (Wildman–Crippen LogP) is 3.27. The Balaban J connectivity index is 1.68. The van der Waals surface area contributed by atoms with Crippen LogP contribution in [0.5, 0.6) is 5.75 Å². The fraction of sp³-hybridized carbons (Fsp3) is 0.579. The summed E-state index contributed by atoms with van der Waals surface area (Å²) in [5.74, 6) is 0.897. The van der Waals surface area contributed by atoms with Gasteiger partial charge in [0.1, 0.15) is 5.75 Å². The van der Waals surface area contributed by atoms with Crippen LogP contribution in [0.15, 0.2) is 12.1 Å². The molecule has 6 heteroatoms. The molecule has 1 heterocycles. The lowest BCUT2D eigenvalue weighted by molar-refractivity contribution is -0.116. The monoisotopic (exact) mass is 347 g/mol. The zero-order valence-electron chi connectivity index (χ0n) is 15.6. The summed E-state index contributed by atoms with van der Waals surface area (Å²) in [6, 6.07) is 4.16. The smallest absolute Gasteiger partial charge is 0.315 e. The molecule has 1 fully saturated rings. The molecule has 25 heavy (non-hydrogen) atoms. The number of carbonyl (C=O) groups is 2. The van der Waals surface area contributed by atoms with E-state index in [0.717, 1.165) is 48.2 Å². The summed E-state index contributed by atoms with van der Waals surface area (Å²) in [7, 11) is 1.65. The summed E-state index contributed by atoms with van der Waals surface area (Å²) >= 11 is 0. The molecule has 138 valence electrons. The first kappa shape index (κ1) is 19.1. The fourth-order valence-electron chi connectivity index (χ4n) is 3.36. The zero-order valence-corrected chi connectivity index (χ0v) is 15.6. The molecule has 0 radical (unpaired) electrons. The molecule has 0 aliphatic carbocycles. The largest absolute Gasteiger partial charge is 0.496 e. The Kier molecular flexibility index (Phi) is 6.67. The van der Waals surface area contributed by atoms with Crippen molar-refractivity contribution in [3.05, 3.63) is 23.3 Å². The highest BCUT2D eigenvalue weighted by atomic mass is 16.5. The van der Waals surface area contributed by atoms with Gasteiger partial charge in [0, 0.05) is 18.2 Å². The molecule has 3 amide bonds. The number of aryl methyl sites for hydroxylation is 2. The summed E-state index contributed by atoms with van der Waals surface area (Å²) in [6.45, 7) is 5.95. The minimum atomic E-state index is -0.0815. The van der Waals surface area contributed by atoms with E-state index >= 15 is 0 Å². The van der Waals surface area contributed by atoms with E-state index in [0.29, 0.717) is 6.42 Å². The Labute approximate surface area is 149 Å². The normalized spacial score (nSPS) is 19.3. The number of amides is 3. The first-order valence-electron chi connectivity index (χ1n) is 8.93. The van der Waals surface area contributed by atoms with Crippen LogP contribution < -0.4 is 20.7 Å². The van der Waals surface area contributed by atoms with E-state index in [2.05, 4.69) is 16.0 Å².